The molecule has 0 radical (unpaired) electrons. The van der Waals surface area contributed by atoms with E-state index < -0.39 is 11.9 Å². The Morgan fingerprint density at radius 2 is 1.69 bits per heavy atom. The summed E-state index contributed by atoms with van der Waals surface area (Å²) in [4.78, 5) is 28.4. The third kappa shape index (κ3) is 7.17. The maximum Gasteiger partial charge on any atom is 0.261 e. The van der Waals surface area contributed by atoms with Crippen LogP contribution in [-0.2, 0) is 22.6 Å². The molecule has 0 fully saturated rings. The molecule has 0 bridgehead atoms. The van der Waals surface area contributed by atoms with E-state index in [1.807, 2.05) is 64.1 Å². The zero-order chi connectivity index (χ0) is 26.1. The highest BCUT2D eigenvalue weighted by Gasteiger charge is 2.31. The number of nitrogens with one attached hydrogen (secondary N) is 1. The summed E-state index contributed by atoms with van der Waals surface area (Å²) in [6.07, 6.45) is 1.07. The van der Waals surface area contributed by atoms with Gasteiger partial charge in [-0.25, -0.2) is 4.39 Å². The minimum Gasteiger partial charge on any atom is -0.483 e. The van der Waals surface area contributed by atoms with Crippen molar-refractivity contribution >= 4 is 11.8 Å². The zero-order valence-electron chi connectivity index (χ0n) is 21.5. The summed E-state index contributed by atoms with van der Waals surface area (Å²) in [6.45, 7) is 8.07. The van der Waals surface area contributed by atoms with E-state index in [0.29, 0.717) is 24.3 Å². The van der Waals surface area contributed by atoms with Crippen molar-refractivity contribution in [1.82, 2.24) is 10.2 Å². The Bertz CT molecular complexity index is 1180. The van der Waals surface area contributed by atoms with Crippen LogP contribution in [-0.4, -0.2) is 35.9 Å². The molecule has 1 atom stereocenters. The minimum absolute atomic E-state index is 0.0439. The van der Waals surface area contributed by atoms with Gasteiger partial charge in [0.15, 0.2) is 6.61 Å². The summed E-state index contributed by atoms with van der Waals surface area (Å²) in [5.41, 5.74) is 4.31. The Morgan fingerprint density at radius 3 is 2.39 bits per heavy atom. The molecule has 0 aliphatic heterocycles. The number of hydrogen-bond acceptors (Lipinski definition) is 3. The number of hydrogen-bond donors (Lipinski definition) is 1. The van der Waals surface area contributed by atoms with Crippen molar-refractivity contribution in [2.24, 2.45) is 0 Å². The monoisotopic (exact) mass is 490 g/mol. The molecule has 0 saturated carbocycles. The van der Waals surface area contributed by atoms with E-state index in [2.05, 4.69) is 11.4 Å². The molecule has 36 heavy (non-hydrogen) atoms. The van der Waals surface area contributed by atoms with Crippen molar-refractivity contribution in [2.75, 3.05) is 13.2 Å². The molecular weight excluding hydrogens is 455 g/mol. The summed E-state index contributed by atoms with van der Waals surface area (Å²) < 4.78 is 20.6. The number of aryl methyl sites for hydroxylation is 2. The number of amides is 2. The van der Waals surface area contributed by atoms with Gasteiger partial charge in [0.05, 0.1) is 0 Å². The molecule has 0 heterocycles. The second kappa shape index (κ2) is 12.9. The first-order chi connectivity index (χ1) is 17.3. The van der Waals surface area contributed by atoms with Crippen molar-refractivity contribution < 1.29 is 18.7 Å². The Balaban J connectivity index is 1.93. The van der Waals surface area contributed by atoms with E-state index in [0.717, 1.165) is 28.7 Å². The molecule has 5 nitrogen and oxygen atoms in total. The number of carbonyl (C=O) groups excluding carboxylic acids is 2. The van der Waals surface area contributed by atoms with E-state index in [-0.39, 0.29) is 25.0 Å². The van der Waals surface area contributed by atoms with E-state index in [4.69, 9.17) is 4.74 Å². The van der Waals surface area contributed by atoms with Gasteiger partial charge in [-0.05, 0) is 61.6 Å². The van der Waals surface area contributed by atoms with Crippen LogP contribution in [0.4, 0.5) is 4.39 Å². The number of nitrogens with zero attached hydrogens (tertiary/aromatic N) is 1. The lowest BCUT2D eigenvalue weighted by molar-refractivity contribution is -0.142. The second-order valence-corrected chi connectivity index (χ2v) is 9.10. The average Bonchev–Trinajstić information content (AvgIpc) is 2.87. The standard InChI is InChI=1S/C30H35FN2O3/c1-5-15-32-30(35)27(18-24-11-7-6-8-12-24)33(19-25-13-9-10-14-26(25)31)29(34)20-36-28-17-21(2)16-22(3)23(28)4/h6-14,16-17,27H,5,15,18-20H2,1-4H3,(H,32,35). The molecule has 1 unspecified atom stereocenters. The third-order valence-electron chi connectivity index (χ3n) is 6.23. The topological polar surface area (TPSA) is 58.6 Å². The quantitative estimate of drug-likeness (QED) is 0.397. The van der Waals surface area contributed by atoms with Crippen LogP contribution in [0.3, 0.4) is 0 Å². The summed E-state index contributed by atoms with van der Waals surface area (Å²) in [5.74, 6) is -0.451. The number of benzene rings is 3. The second-order valence-electron chi connectivity index (χ2n) is 9.10. The van der Waals surface area contributed by atoms with Crippen LogP contribution in [0.25, 0.3) is 0 Å². The molecule has 6 heteroatoms. The van der Waals surface area contributed by atoms with E-state index >= 15 is 0 Å². The lowest BCUT2D eigenvalue weighted by Gasteiger charge is -2.31. The first-order valence-corrected chi connectivity index (χ1v) is 12.3. The van der Waals surface area contributed by atoms with Crippen LogP contribution in [0.5, 0.6) is 5.75 Å². The lowest BCUT2D eigenvalue weighted by Crippen LogP contribution is -2.52. The fourth-order valence-electron chi connectivity index (χ4n) is 4.10. The summed E-state index contributed by atoms with van der Waals surface area (Å²) in [7, 11) is 0. The highest BCUT2D eigenvalue weighted by atomic mass is 19.1. The molecular formula is C30H35FN2O3. The predicted molar refractivity (Wildman–Crippen MR) is 140 cm³/mol. The van der Waals surface area contributed by atoms with Gasteiger partial charge in [-0.1, -0.05) is 61.5 Å². The van der Waals surface area contributed by atoms with E-state index in [9.17, 15) is 14.0 Å². The maximum atomic E-state index is 14.6. The van der Waals surface area contributed by atoms with Gasteiger partial charge >= 0.3 is 0 Å². The van der Waals surface area contributed by atoms with E-state index in [1.165, 1.54) is 11.0 Å². The van der Waals surface area contributed by atoms with Gasteiger partial charge in [0.25, 0.3) is 5.91 Å². The van der Waals surface area contributed by atoms with Crippen LogP contribution in [0.2, 0.25) is 0 Å². The zero-order valence-corrected chi connectivity index (χ0v) is 21.5. The maximum absolute atomic E-state index is 14.6. The van der Waals surface area contributed by atoms with E-state index in [1.54, 1.807) is 18.2 Å². The van der Waals surface area contributed by atoms with Gasteiger partial charge in [0.2, 0.25) is 5.91 Å². The first kappa shape index (κ1) is 26.9. The van der Waals surface area contributed by atoms with Gasteiger partial charge < -0.3 is 15.0 Å². The van der Waals surface area contributed by atoms with Gasteiger partial charge in [0.1, 0.15) is 17.6 Å². The summed E-state index contributed by atoms with van der Waals surface area (Å²) >= 11 is 0. The highest BCUT2D eigenvalue weighted by molar-refractivity contribution is 5.88. The van der Waals surface area contributed by atoms with Crippen LogP contribution >= 0.6 is 0 Å². The third-order valence-corrected chi connectivity index (χ3v) is 6.23. The highest BCUT2D eigenvalue weighted by Crippen LogP contribution is 2.24. The van der Waals surface area contributed by atoms with Crippen molar-refractivity contribution in [2.45, 2.75) is 53.1 Å². The molecule has 3 aromatic rings. The molecule has 0 aromatic heterocycles. The van der Waals surface area contributed by atoms with Gasteiger partial charge in [-0.15, -0.1) is 0 Å². The van der Waals surface area contributed by atoms with Crippen LogP contribution in [0.15, 0.2) is 66.7 Å². The molecule has 3 aromatic carbocycles. The first-order valence-electron chi connectivity index (χ1n) is 12.3. The van der Waals surface area contributed by atoms with Crippen LogP contribution in [0, 0.1) is 26.6 Å². The number of ether oxygens (including phenoxy) is 1. The smallest absolute Gasteiger partial charge is 0.261 e. The summed E-state index contributed by atoms with van der Waals surface area (Å²) in [5, 5.41) is 2.92. The molecule has 1 N–H and O–H groups in total. The molecule has 0 spiro atoms. The summed E-state index contributed by atoms with van der Waals surface area (Å²) in [6, 6.07) is 19.0. The largest absolute Gasteiger partial charge is 0.483 e. The Hall–Kier alpha value is -3.67. The van der Waals surface area contributed by atoms with Gasteiger partial charge in [0, 0.05) is 25.1 Å². The van der Waals surface area contributed by atoms with Crippen molar-refractivity contribution in [3.05, 3.63) is 100 Å². The fraction of sp³-hybridized carbons (Fsp3) is 0.333. The number of carbonyl (C=O) groups is 2. The van der Waals surface area contributed by atoms with Crippen LogP contribution in [0.1, 0.15) is 41.2 Å². The Labute approximate surface area is 213 Å². The van der Waals surface area contributed by atoms with Crippen molar-refractivity contribution in [3.8, 4) is 5.75 Å². The molecule has 2 amide bonds. The average molecular weight is 491 g/mol. The van der Waals surface area contributed by atoms with Gasteiger partial charge in [-0.2, -0.15) is 0 Å². The predicted octanol–water partition coefficient (Wildman–Crippen LogP) is 5.30. The Morgan fingerprint density at radius 1 is 1.00 bits per heavy atom. The number of halogens is 1. The molecule has 0 aliphatic rings. The van der Waals surface area contributed by atoms with Crippen molar-refractivity contribution in [3.63, 3.8) is 0 Å². The molecule has 0 saturated heterocycles. The van der Waals surface area contributed by atoms with Crippen LogP contribution < -0.4 is 10.1 Å². The Kier molecular flexibility index (Phi) is 9.62. The molecule has 0 aliphatic carbocycles. The lowest BCUT2D eigenvalue weighted by atomic mass is 10.0. The normalized spacial score (nSPS) is 11.6. The fourth-order valence-corrected chi connectivity index (χ4v) is 4.10. The minimum atomic E-state index is -0.824. The number of rotatable bonds is 11. The van der Waals surface area contributed by atoms with Crippen molar-refractivity contribution in [1.29, 1.82) is 0 Å². The SMILES string of the molecule is CCCNC(=O)C(Cc1ccccc1)N(Cc1ccccc1F)C(=O)COc1cc(C)cc(C)c1C. The molecule has 3 rings (SSSR count). The molecule has 190 valence electrons. The van der Waals surface area contributed by atoms with Gasteiger partial charge in [-0.3, -0.25) is 9.59 Å².